The Balaban J connectivity index is 1.52. The topological polar surface area (TPSA) is 58.4 Å². The molecule has 3 heterocycles. The molecular weight excluding hydrogens is 362 g/mol. The zero-order valence-corrected chi connectivity index (χ0v) is 15.5. The summed E-state index contributed by atoms with van der Waals surface area (Å²) >= 11 is 1.69. The molecule has 1 saturated heterocycles. The molecule has 2 aliphatic heterocycles. The van der Waals surface area contributed by atoms with Crippen LogP contribution in [0.1, 0.15) is 12.8 Å². The molecular formula is C20H19N3O3S. The molecule has 0 aliphatic carbocycles. The summed E-state index contributed by atoms with van der Waals surface area (Å²) in [5.74, 6) is 3.17. The zero-order chi connectivity index (χ0) is 18.1. The van der Waals surface area contributed by atoms with E-state index in [4.69, 9.17) is 14.2 Å². The highest BCUT2D eigenvalue weighted by molar-refractivity contribution is 7.99. The van der Waals surface area contributed by atoms with Crippen LogP contribution in [-0.4, -0.2) is 40.0 Å². The van der Waals surface area contributed by atoms with Crippen LogP contribution < -0.4 is 9.47 Å². The fourth-order valence-corrected chi connectivity index (χ4v) is 4.36. The Labute approximate surface area is 161 Å². The van der Waals surface area contributed by atoms with E-state index >= 15 is 0 Å². The molecule has 0 radical (unpaired) electrons. The minimum absolute atomic E-state index is 0.257. The fraction of sp³-hybridized carbons (Fsp3) is 0.300. The van der Waals surface area contributed by atoms with E-state index in [2.05, 4.69) is 26.9 Å². The van der Waals surface area contributed by atoms with E-state index in [9.17, 15) is 0 Å². The van der Waals surface area contributed by atoms with Crippen molar-refractivity contribution in [3.05, 3.63) is 48.5 Å². The van der Waals surface area contributed by atoms with Gasteiger partial charge in [0.1, 0.15) is 0 Å². The first-order valence-corrected chi connectivity index (χ1v) is 10.0. The third-order valence-corrected chi connectivity index (χ3v) is 5.76. The summed E-state index contributed by atoms with van der Waals surface area (Å²) < 4.78 is 18.8. The largest absolute Gasteiger partial charge is 0.454 e. The predicted molar refractivity (Wildman–Crippen MR) is 103 cm³/mol. The van der Waals surface area contributed by atoms with Gasteiger partial charge in [-0.05, 0) is 43.2 Å². The van der Waals surface area contributed by atoms with Crippen molar-refractivity contribution in [2.45, 2.75) is 24.1 Å². The lowest BCUT2D eigenvalue weighted by molar-refractivity contribution is 0.129. The van der Waals surface area contributed by atoms with Crippen molar-refractivity contribution >= 4 is 11.8 Å². The van der Waals surface area contributed by atoms with Gasteiger partial charge in [0.05, 0.1) is 6.10 Å². The van der Waals surface area contributed by atoms with E-state index in [1.807, 2.05) is 36.4 Å². The van der Waals surface area contributed by atoms with Crippen molar-refractivity contribution in [3.63, 3.8) is 0 Å². The summed E-state index contributed by atoms with van der Waals surface area (Å²) in [6, 6.07) is 16.0. The molecule has 0 amide bonds. The quantitative estimate of drug-likeness (QED) is 0.624. The van der Waals surface area contributed by atoms with E-state index in [-0.39, 0.29) is 6.79 Å². The van der Waals surface area contributed by atoms with Gasteiger partial charge in [-0.15, -0.1) is 10.2 Å². The van der Waals surface area contributed by atoms with Crippen LogP contribution in [0.15, 0.2) is 53.7 Å². The van der Waals surface area contributed by atoms with Crippen molar-refractivity contribution in [2.24, 2.45) is 0 Å². The number of thioether (sulfide) groups is 1. The molecule has 1 atom stereocenters. The monoisotopic (exact) mass is 381 g/mol. The van der Waals surface area contributed by atoms with Gasteiger partial charge in [-0.1, -0.05) is 30.0 Å². The molecule has 7 heteroatoms. The van der Waals surface area contributed by atoms with E-state index < -0.39 is 0 Å². The van der Waals surface area contributed by atoms with Crippen LogP contribution in [0.2, 0.25) is 0 Å². The van der Waals surface area contributed by atoms with Gasteiger partial charge in [0, 0.05) is 23.6 Å². The molecule has 2 aromatic carbocycles. The highest BCUT2D eigenvalue weighted by atomic mass is 32.2. The number of fused-ring (bicyclic) bond motifs is 1. The van der Waals surface area contributed by atoms with Crippen molar-refractivity contribution in [2.75, 3.05) is 19.2 Å². The molecule has 3 aromatic rings. The van der Waals surface area contributed by atoms with Crippen molar-refractivity contribution in [1.29, 1.82) is 0 Å². The Bertz CT molecular complexity index is 939. The number of aromatic nitrogens is 3. The maximum absolute atomic E-state index is 5.75. The maximum Gasteiger partial charge on any atom is 0.231 e. The Morgan fingerprint density at radius 1 is 1.04 bits per heavy atom. The van der Waals surface area contributed by atoms with Crippen LogP contribution >= 0.6 is 11.8 Å². The fourth-order valence-electron chi connectivity index (χ4n) is 3.34. The molecule has 0 spiro atoms. The van der Waals surface area contributed by atoms with Crippen molar-refractivity contribution in [1.82, 2.24) is 14.8 Å². The van der Waals surface area contributed by atoms with E-state index in [1.165, 1.54) is 0 Å². The molecule has 0 unspecified atom stereocenters. The third kappa shape index (κ3) is 3.28. The highest BCUT2D eigenvalue weighted by Gasteiger charge is 2.22. The Morgan fingerprint density at radius 2 is 1.93 bits per heavy atom. The Morgan fingerprint density at radius 3 is 2.78 bits per heavy atom. The summed E-state index contributed by atoms with van der Waals surface area (Å²) in [4.78, 5) is 0. The van der Waals surface area contributed by atoms with Gasteiger partial charge in [0.15, 0.2) is 22.5 Å². The number of rotatable bonds is 5. The lowest BCUT2D eigenvalue weighted by Gasteiger charge is -2.12. The van der Waals surface area contributed by atoms with Gasteiger partial charge in [-0.2, -0.15) is 0 Å². The number of nitrogens with zero attached hydrogens (tertiary/aromatic N) is 3. The van der Waals surface area contributed by atoms with Crippen LogP contribution in [-0.2, 0) is 4.74 Å². The predicted octanol–water partition coefficient (Wildman–Crippen LogP) is 3.93. The number of para-hydroxylation sites is 1. The number of hydrogen-bond acceptors (Lipinski definition) is 6. The minimum Gasteiger partial charge on any atom is -0.454 e. The SMILES string of the molecule is c1ccc(-n2c(SC[C@H]3CCCO3)nnc2-c2ccc3c(c2)OCO3)cc1. The normalized spacial score (nSPS) is 18.1. The van der Waals surface area contributed by atoms with Crippen LogP contribution in [0, 0.1) is 0 Å². The summed E-state index contributed by atoms with van der Waals surface area (Å²) in [5.41, 5.74) is 1.98. The maximum atomic E-state index is 5.75. The van der Waals surface area contributed by atoms with Crippen LogP contribution in [0.3, 0.4) is 0 Å². The van der Waals surface area contributed by atoms with Crippen molar-refractivity contribution in [3.8, 4) is 28.6 Å². The average Bonchev–Trinajstić information content (AvgIpc) is 3.46. The molecule has 1 aromatic heterocycles. The molecule has 0 bridgehead atoms. The van der Waals surface area contributed by atoms with Crippen LogP contribution in [0.5, 0.6) is 11.5 Å². The van der Waals surface area contributed by atoms with Gasteiger partial charge in [-0.25, -0.2) is 0 Å². The lowest BCUT2D eigenvalue weighted by Crippen LogP contribution is -2.09. The van der Waals surface area contributed by atoms with Gasteiger partial charge < -0.3 is 14.2 Å². The van der Waals surface area contributed by atoms with Crippen LogP contribution in [0.25, 0.3) is 17.1 Å². The van der Waals surface area contributed by atoms with Gasteiger partial charge >= 0.3 is 0 Å². The number of benzene rings is 2. The Kier molecular flexibility index (Phi) is 4.47. The standard InChI is InChI=1S/C20H19N3O3S/c1-2-5-15(6-3-1)23-19(14-8-9-17-18(11-14)26-13-25-17)21-22-20(23)27-12-16-7-4-10-24-16/h1-3,5-6,8-9,11,16H,4,7,10,12-13H2/t16-/m1/s1. The first-order valence-electron chi connectivity index (χ1n) is 9.04. The molecule has 2 aliphatic rings. The van der Waals surface area contributed by atoms with Crippen molar-refractivity contribution < 1.29 is 14.2 Å². The molecule has 1 fully saturated rings. The molecule has 27 heavy (non-hydrogen) atoms. The summed E-state index contributed by atoms with van der Waals surface area (Å²) in [6.07, 6.45) is 2.55. The number of hydrogen-bond donors (Lipinski definition) is 0. The van der Waals surface area contributed by atoms with E-state index in [0.717, 1.165) is 58.9 Å². The lowest BCUT2D eigenvalue weighted by atomic mass is 10.2. The first-order chi connectivity index (χ1) is 13.4. The average molecular weight is 381 g/mol. The smallest absolute Gasteiger partial charge is 0.231 e. The van der Waals surface area contributed by atoms with Crippen LogP contribution in [0.4, 0.5) is 0 Å². The van der Waals surface area contributed by atoms with E-state index in [0.29, 0.717) is 6.10 Å². The molecule has 6 nitrogen and oxygen atoms in total. The minimum atomic E-state index is 0.257. The second-order valence-corrected chi connectivity index (χ2v) is 7.48. The van der Waals surface area contributed by atoms with Gasteiger partial charge in [0.25, 0.3) is 0 Å². The Hall–Kier alpha value is -2.51. The molecule has 138 valence electrons. The molecule has 5 rings (SSSR count). The molecule has 0 saturated carbocycles. The highest BCUT2D eigenvalue weighted by Crippen LogP contribution is 2.37. The third-order valence-electron chi connectivity index (χ3n) is 4.70. The van der Waals surface area contributed by atoms with Gasteiger partial charge in [-0.3, -0.25) is 4.57 Å². The second-order valence-electron chi connectivity index (χ2n) is 6.49. The summed E-state index contributed by atoms with van der Waals surface area (Å²) in [7, 11) is 0. The molecule has 0 N–H and O–H groups in total. The second kappa shape index (κ2) is 7.25. The first kappa shape index (κ1) is 16.6. The summed E-state index contributed by atoms with van der Waals surface area (Å²) in [6.45, 7) is 1.12. The zero-order valence-electron chi connectivity index (χ0n) is 14.7. The number of ether oxygens (including phenoxy) is 3. The summed E-state index contributed by atoms with van der Waals surface area (Å²) in [5, 5.41) is 9.83. The van der Waals surface area contributed by atoms with Gasteiger partial charge in [0.2, 0.25) is 6.79 Å². The van der Waals surface area contributed by atoms with E-state index in [1.54, 1.807) is 11.8 Å².